The lowest BCUT2D eigenvalue weighted by atomic mass is 9.91. The first-order valence-electron chi connectivity index (χ1n) is 6.36. The fourth-order valence-electron chi connectivity index (χ4n) is 1.70. The number of pyridine rings is 1. The minimum Gasteiger partial charge on any atom is -0.478 e. The van der Waals surface area contributed by atoms with Crippen molar-refractivity contribution < 1.29 is 9.90 Å². The molecule has 1 heterocycles. The molecule has 0 aromatic carbocycles. The molecule has 4 nitrogen and oxygen atoms in total. The smallest absolute Gasteiger partial charge is 0.335 e. The van der Waals surface area contributed by atoms with Gasteiger partial charge < -0.3 is 10.4 Å². The third kappa shape index (κ3) is 3.22. The number of nitrogens with one attached hydrogen (secondary N) is 1. The Bertz CT molecular complexity index is 459. The Morgan fingerprint density at radius 3 is 2.61 bits per heavy atom. The van der Waals surface area contributed by atoms with Crippen LogP contribution in [0.1, 0.15) is 49.7 Å². The minimum absolute atomic E-state index is 0.151. The van der Waals surface area contributed by atoms with Gasteiger partial charge in [0, 0.05) is 17.7 Å². The summed E-state index contributed by atoms with van der Waals surface area (Å²) >= 11 is 0. The van der Waals surface area contributed by atoms with Gasteiger partial charge in [-0.05, 0) is 30.9 Å². The van der Waals surface area contributed by atoms with Crippen molar-refractivity contribution in [2.45, 2.75) is 39.0 Å². The lowest BCUT2D eigenvalue weighted by molar-refractivity contribution is 0.0696. The van der Waals surface area contributed by atoms with Crippen LogP contribution in [0, 0.1) is 5.92 Å². The van der Waals surface area contributed by atoms with E-state index in [-0.39, 0.29) is 5.41 Å². The van der Waals surface area contributed by atoms with Crippen LogP contribution in [0.15, 0.2) is 12.1 Å². The summed E-state index contributed by atoms with van der Waals surface area (Å²) in [7, 11) is 0. The number of carboxylic acids is 1. The molecule has 0 radical (unpaired) electrons. The van der Waals surface area contributed by atoms with Crippen LogP contribution in [0.4, 0.5) is 5.82 Å². The van der Waals surface area contributed by atoms with Crippen LogP contribution in [0.25, 0.3) is 0 Å². The maximum atomic E-state index is 11.1. The number of anilines is 1. The van der Waals surface area contributed by atoms with Gasteiger partial charge in [-0.25, -0.2) is 9.78 Å². The second kappa shape index (κ2) is 4.59. The van der Waals surface area contributed by atoms with Crippen LogP contribution >= 0.6 is 0 Å². The SMILES string of the molecule is CC(C)(C)c1cc(C(=O)O)cc(NCC2CC2)n1. The first-order valence-corrected chi connectivity index (χ1v) is 6.36. The van der Waals surface area contributed by atoms with Gasteiger partial charge in [-0.3, -0.25) is 0 Å². The summed E-state index contributed by atoms with van der Waals surface area (Å²) in [5.74, 6) is 0.502. The average molecular weight is 248 g/mol. The van der Waals surface area contributed by atoms with Crippen molar-refractivity contribution in [1.29, 1.82) is 0 Å². The molecule has 1 aliphatic carbocycles. The molecule has 0 spiro atoms. The number of nitrogens with zero attached hydrogens (tertiary/aromatic N) is 1. The second-order valence-corrected chi connectivity index (χ2v) is 6.01. The molecule has 18 heavy (non-hydrogen) atoms. The van der Waals surface area contributed by atoms with E-state index in [4.69, 9.17) is 5.11 Å². The lowest BCUT2D eigenvalue weighted by Crippen LogP contribution is -2.17. The van der Waals surface area contributed by atoms with E-state index in [1.54, 1.807) is 12.1 Å². The molecule has 1 aromatic rings. The summed E-state index contributed by atoms with van der Waals surface area (Å²) < 4.78 is 0. The monoisotopic (exact) mass is 248 g/mol. The maximum Gasteiger partial charge on any atom is 0.335 e. The highest BCUT2D eigenvalue weighted by molar-refractivity contribution is 5.88. The van der Waals surface area contributed by atoms with E-state index in [2.05, 4.69) is 10.3 Å². The molecule has 1 aromatic heterocycles. The first kappa shape index (κ1) is 12.9. The molecule has 2 rings (SSSR count). The highest BCUT2D eigenvalue weighted by Crippen LogP contribution is 2.29. The summed E-state index contributed by atoms with van der Waals surface area (Å²) in [5, 5.41) is 12.4. The van der Waals surface area contributed by atoms with Crippen molar-refractivity contribution in [2.75, 3.05) is 11.9 Å². The van der Waals surface area contributed by atoms with Crippen LogP contribution in [0.3, 0.4) is 0 Å². The lowest BCUT2D eigenvalue weighted by Gasteiger charge is -2.19. The predicted molar refractivity (Wildman–Crippen MR) is 71.1 cm³/mol. The van der Waals surface area contributed by atoms with Gasteiger partial charge in [0.05, 0.1) is 5.56 Å². The molecule has 1 aliphatic rings. The van der Waals surface area contributed by atoms with Gasteiger partial charge in [0.15, 0.2) is 0 Å². The summed E-state index contributed by atoms with van der Waals surface area (Å²) in [6.07, 6.45) is 2.52. The predicted octanol–water partition coefficient (Wildman–Crippen LogP) is 2.90. The Labute approximate surface area is 107 Å². The van der Waals surface area contributed by atoms with E-state index < -0.39 is 5.97 Å². The number of hydrogen-bond donors (Lipinski definition) is 2. The Kier molecular flexibility index (Phi) is 3.28. The topological polar surface area (TPSA) is 62.2 Å². The molecule has 1 saturated carbocycles. The molecular weight excluding hydrogens is 228 g/mol. The quantitative estimate of drug-likeness (QED) is 0.860. The van der Waals surface area contributed by atoms with E-state index in [1.807, 2.05) is 20.8 Å². The van der Waals surface area contributed by atoms with Crippen LogP contribution in [0.2, 0.25) is 0 Å². The first-order chi connectivity index (χ1) is 8.36. The van der Waals surface area contributed by atoms with Gasteiger partial charge in [0.2, 0.25) is 0 Å². The van der Waals surface area contributed by atoms with E-state index in [0.29, 0.717) is 11.4 Å². The van der Waals surface area contributed by atoms with Gasteiger partial charge in [-0.15, -0.1) is 0 Å². The third-order valence-electron chi connectivity index (χ3n) is 3.11. The number of aromatic nitrogens is 1. The van der Waals surface area contributed by atoms with Gasteiger partial charge in [-0.1, -0.05) is 20.8 Å². The molecule has 2 N–H and O–H groups in total. The van der Waals surface area contributed by atoms with Crippen LogP contribution in [-0.2, 0) is 5.41 Å². The normalized spacial score (nSPS) is 15.5. The number of rotatable bonds is 4. The summed E-state index contributed by atoms with van der Waals surface area (Å²) in [6.45, 7) is 6.99. The Morgan fingerprint density at radius 1 is 1.44 bits per heavy atom. The van der Waals surface area contributed by atoms with Crippen molar-refractivity contribution in [3.8, 4) is 0 Å². The average Bonchev–Trinajstić information content (AvgIpc) is 3.08. The second-order valence-electron chi connectivity index (χ2n) is 6.01. The molecule has 0 bridgehead atoms. The summed E-state index contributed by atoms with van der Waals surface area (Å²) in [6, 6.07) is 3.27. The molecule has 0 unspecified atom stereocenters. The van der Waals surface area contributed by atoms with E-state index in [1.165, 1.54) is 12.8 Å². The molecule has 0 atom stereocenters. The van der Waals surface area contributed by atoms with E-state index >= 15 is 0 Å². The Balaban J connectivity index is 2.26. The fourth-order valence-corrected chi connectivity index (χ4v) is 1.70. The number of hydrogen-bond acceptors (Lipinski definition) is 3. The molecular formula is C14H20N2O2. The van der Waals surface area contributed by atoms with E-state index in [0.717, 1.165) is 18.2 Å². The zero-order valence-electron chi connectivity index (χ0n) is 11.2. The van der Waals surface area contributed by atoms with Crippen LogP contribution in [0.5, 0.6) is 0 Å². The van der Waals surface area contributed by atoms with Crippen molar-refractivity contribution in [3.05, 3.63) is 23.4 Å². The van der Waals surface area contributed by atoms with Crippen molar-refractivity contribution in [3.63, 3.8) is 0 Å². The van der Waals surface area contributed by atoms with Crippen LogP contribution < -0.4 is 5.32 Å². The van der Waals surface area contributed by atoms with Crippen molar-refractivity contribution in [2.24, 2.45) is 5.92 Å². The van der Waals surface area contributed by atoms with E-state index in [9.17, 15) is 4.79 Å². The molecule has 0 saturated heterocycles. The standard InChI is InChI=1S/C14H20N2O2/c1-14(2,3)11-6-10(13(17)18)7-12(16-11)15-8-9-4-5-9/h6-7,9H,4-5,8H2,1-3H3,(H,15,16)(H,17,18). The maximum absolute atomic E-state index is 11.1. The van der Waals surface area contributed by atoms with Gasteiger partial charge in [0.1, 0.15) is 5.82 Å². The zero-order chi connectivity index (χ0) is 13.3. The third-order valence-corrected chi connectivity index (χ3v) is 3.11. The molecule has 1 fully saturated rings. The van der Waals surface area contributed by atoms with Gasteiger partial charge in [0.25, 0.3) is 0 Å². The molecule has 4 heteroatoms. The summed E-state index contributed by atoms with van der Waals surface area (Å²) in [5.41, 5.74) is 0.954. The van der Waals surface area contributed by atoms with Gasteiger partial charge >= 0.3 is 5.97 Å². The Morgan fingerprint density at radius 2 is 2.11 bits per heavy atom. The fraction of sp³-hybridized carbons (Fsp3) is 0.571. The molecule has 0 aliphatic heterocycles. The van der Waals surface area contributed by atoms with Crippen molar-refractivity contribution in [1.82, 2.24) is 4.98 Å². The zero-order valence-corrected chi connectivity index (χ0v) is 11.2. The minimum atomic E-state index is -0.905. The highest BCUT2D eigenvalue weighted by atomic mass is 16.4. The summed E-state index contributed by atoms with van der Waals surface area (Å²) in [4.78, 5) is 15.6. The number of aromatic carboxylic acids is 1. The van der Waals surface area contributed by atoms with Crippen molar-refractivity contribution >= 4 is 11.8 Å². The van der Waals surface area contributed by atoms with Gasteiger partial charge in [-0.2, -0.15) is 0 Å². The number of carbonyl (C=O) groups is 1. The molecule has 98 valence electrons. The van der Waals surface area contributed by atoms with Crippen LogP contribution in [-0.4, -0.2) is 22.6 Å². The largest absolute Gasteiger partial charge is 0.478 e. The number of carboxylic acid groups (broad SMARTS) is 1. The highest BCUT2D eigenvalue weighted by Gasteiger charge is 2.22. The Hall–Kier alpha value is -1.58. The molecule has 0 amide bonds.